The lowest BCUT2D eigenvalue weighted by Crippen LogP contribution is -2.11. The molecule has 0 radical (unpaired) electrons. The molecule has 0 atom stereocenters. The maximum Gasteiger partial charge on any atom is 0.291 e. The zero-order chi connectivity index (χ0) is 12.4. The lowest BCUT2D eigenvalue weighted by Gasteiger charge is -2.04. The molecule has 1 aromatic carbocycles. The van der Waals surface area contributed by atoms with Crippen molar-refractivity contribution in [3.8, 4) is 0 Å². The van der Waals surface area contributed by atoms with Crippen LogP contribution in [-0.4, -0.2) is 5.91 Å². The highest BCUT2D eigenvalue weighted by Gasteiger charge is 2.12. The number of nitrogens with one attached hydrogen (secondary N) is 1. The van der Waals surface area contributed by atoms with Crippen LogP contribution in [0.15, 0.2) is 39.4 Å². The molecule has 1 heterocycles. The van der Waals surface area contributed by atoms with E-state index in [4.69, 9.17) is 16.0 Å². The monoisotopic (exact) mass is 317 g/mol. The Morgan fingerprint density at radius 2 is 2.12 bits per heavy atom. The third kappa shape index (κ3) is 2.87. The molecular formula is C11H6BrClFNO2. The SMILES string of the molecule is O=C(Nc1ccc(Cl)cc1F)c1ccc(Br)o1. The lowest BCUT2D eigenvalue weighted by molar-refractivity contribution is 0.0995. The fraction of sp³-hybridized carbons (Fsp3) is 0. The summed E-state index contributed by atoms with van der Waals surface area (Å²) in [5, 5.41) is 2.64. The summed E-state index contributed by atoms with van der Waals surface area (Å²) < 4.78 is 18.9. The summed E-state index contributed by atoms with van der Waals surface area (Å²) in [6.45, 7) is 0. The second-order valence-electron chi connectivity index (χ2n) is 3.18. The van der Waals surface area contributed by atoms with E-state index in [1.807, 2.05) is 0 Å². The highest BCUT2D eigenvalue weighted by Crippen LogP contribution is 2.20. The summed E-state index contributed by atoms with van der Waals surface area (Å²) in [5.74, 6) is -1.04. The maximum absolute atomic E-state index is 13.4. The van der Waals surface area contributed by atoms with Gasteiger partial charge in [-0.3, -0.25) is 4.79 Å². The fourth-order valence-electron chi connectivity index (χ4n) is 1.21. The highest BCUT2D eigenvalue weighted by molar-refractivity contribution is 9.10. The Morgan fingerprint density at radius 1 is 1.35 bits per heavy atom. The van der Waals surface area contributed by atoms with E-state index >= 15 is 0 Å². The smallest absolute Gasteiger partial charge is 0.291 e. The predicted octanol–water partition coefficient (Wildman–Crippen LogP) is 4.09. The van der Waals surface area contributed by atoms with Crippen molar-refractivity contribution >= 4 is 39.1 Å². The number of rotatable bonds is 2. The average molecular weight is 319 g/mol. The van der Waals surface area contributed by atoms with Crippen molar-refractivity contribution in [2.45, 2.75) is 0 Å². The fourth-order valence-corrected chi connectivity index (χ4v) is 1.68. The van der Waals surface area contributed by atoms with Gasteiger partial charge in [-0.2, -0.15) is 0 Å². The molecule has 6 heteroatoms. The first-order chi connectivity index (χ1) is 8.06. The van der Waals surface area contributed by atoms with Gasteiger partial charge in [-0.05, 0) is 46.3 Å². The summed E-state index contributed by atoms with van der Waals surface area (Å²) in [7, 11) is 0. The summed E-state index contributed by atoms with van der Waals surface area (Å²) >= 11 is 8.67. The van der Waals surface area contributed by atoms with Gasteiger partial charge in [-0.1, -0.05) is 11.6 Å². The highest BCUT2D eigenvalue weighted by atomic mass is 79.9. The summed E-state index contributed by atoms with van der Waals surface area (Å²) in [6, 6.07) is 7.04. The Hall–Kier alpha value is -1.33. The van der Waals surface area contributed by atoms with Crippen LogP contribution in [0.3, 0.4) is 0 Å². The largest absolute Gasteiger partial charge is 0.444 e. The molecule has 0 saturated carbocycles. The number of benzene rings is 1. The van der Waals surface area contributed by atoms with Gasteiger partial charge >= 0.3 is 0 Å². The number of amides is 1. The van der Waals surface area contributed by atoms with Crippen molar-refractivity contribution in [1.82, 2.24) is 0 Å². The maximum atomic E-state index is 13.4. The van der Waals surface area contributed by atoms with Crippen LogP contribution in [0.5, 0.6) is 0 Å². The number of halogens is 3. The van der Waals surface area contributed by atoms with Crippen LogP contribution in [-0.2, 0) is 0 Å². The first-order valence-corrected chi connectivity index (χ1v) is 5.75. The Balaban J connectivity index is 2.18. The van der Waals surface area contributed by atoms with E-state index in [1.54, 1.807) is 6.07 Å². The van der Waals surface area contributed by atoms with Crippen LogP contribution in [0.2, 0.25) is 5.02 Å². The summed E-state index contributed by atoms with van der Waals surface area (Å²) in [4.78, 5) is 11.6. The standard InChI is InChI=1S/C11H6BrClFNO2/c12-10-4-3-9(17-10)11(16)15-8-2-1-6(13)5-7(8)14/h1-5H,(H,15,16). The molecule has 1 amide bonds. The topological polar surface area (TPSA) is 42.2 Å². The molecule has 0 bridgehead atoms. The van der Waals surface area contributed by atoms with Crippen molar-refractivity contribution in [1.29, 1.82) is 0 Å². The Morgan fingerprint density at radius 3 is 2.71 bits per heavy atom. The number of anilines is 1. The number of hydrogen-bond donors (Lipinski definition) is 1. The van der Waals surface area contributed by atoms with Crippen molar-refractivity contribution in [3.05, 3.63) is 51.6 Å². The van der Waals surface area contributed by atoms with Crippen molar-refractivity contribution in [2.24, 2.45) is 0 Å². The van der Waals surface area contributed by atoms with Crippen molar-refractivity contribution in [3.63, 3.8) is 0 Å². The molecule has 0 spiro atoms. The van der Waals surface area contributed by atoms with E-state index in [0.29, 0.717) is 4.67 Å². The van der Waals surface area contributed by atoms with Crippen LogP contribution in [0.1, 0.15) is 10.6 Å². The number of furan rings is 1. The molecule has 0 saturated heterocycles. The minimum Gasteiger partial charge on any atom is -0.444 e. The van der Waals surface area contributed by atoms with Crippen LogP contribution in [0.4, 0.5) is 10.1 Å². The summed E-state index contributed by atoms with van der Waals surface area (Å²) in [6.07, 6.45) is 0. The van der Waals surface area contributed by atoms with E-state index in [1.165, 1.54) is 18.2 Å². The molecule has 88 valence electrons. The molecule has 0 fully saturated rings. The van der Waals surface area contributed by atoms with E-state index in [9.17, 15) is 9.18 Å². The predicted molar refractivity (Wildman–Crippen MR) is 65.8 cm³/mol. The molecule has 0 unspecified atom stereocenters. The Bertz CT molecular complexity index is 570. The Labute approximate surface area is 110 Å². The Kier molecular flexibility index (Phi) is 3.49. The lowest BCUT2D eigenvalue weighted by atomic mass is 10.3. The van der Waals surface area contributed by atoms with Crippen LogP contribution >= 0.6 is 27.5 Å². The number of carbonyl (C=O) groups is 1. The van der Waals surface area contributed by atoms with Gasteiger partial charge in [0.2, 0.25) is 0 Å². The zero-order valence-electron chi connectivity index (χ0n) is 8.34. The summed E-state index contributed by atoms with van der Waals surface area (Å²) in [5.41, 5.74) is 0.0481. The molecule has 2 rings (SSSR count). The van der Waals surface area contributed by atoms with E-state index < -0.39 is 11.7 Å². The van der Waals surface area contributed by atoms with Gasteiger partial charge in [-0.15, -0.1) is 0 Å². The minimum absolute atomic E-state index is 0.0481. The van der Waals surface area contributed by atoms with Crippen molar-refractivity contribution in [2.75, 3.05) is 5.32 Å². The molecule has 17 heavy (non-hydrogen) atoms. The third-order valence-corrected chi connectivity index (χ3v) is 2.64. The molecule has 0 aliphatic heterocycles. The first kappa shape index (κ1) is 12.1. The van der Waals surface area contributed by atoms with Crippen molar-refractivity contribution < 1.29 is 13.6 Å². The van der Waals surface area contributed by atoms with Gasteiger partial charge in [-0.25, -0.2) is 4.39 Å². The van der Waals surface area contributed by atoms with E-state index in [2.05, 4.69) is 21.2 Å². The molecule has 1 N–H and O–H groups in total. The second-order valence-corrected chi connectivity index (χ2v) is 4.40. The third-order valence-electron chi connectivity index (χ3n) is 1.98. The van der Waals surface area contributed by atoms with Gasteiger partial charge in [0.05, 0.1) is 5.69 Å². The molecule has 1 aromatic heterocycles. The van der Waals surface area contributed by atoms with E-state index in [0.717, 1.165) is 6.07 Å². The van der Waals surface area contributed by atoms with Crippen LogP contribution in [0.25, 0.3) is 0 Å². The minimum atomic E-state index is -0.600. The zero-order valence-corrected chi connectivity index (χ0v) is 10.7. The molecule has 2 aromatic rings. The van der Waals surface area contributed by atoms with E-state index in [-0.39, 0.29) is 16.5 Å². The molecular weight excluding hydrogens is 312 g/mol. The average Bonchev–Trinajstić information content (AvgIpc) is 2.69. The number of hydrogen-bond acceptors (Lipinski definition) is 2. The van der Waals surface area contributed by atoms with Gasteiger partial charge < -0.3 is 9.73 Å². The van der Waals surface area contributed by atoms with Crippen LogP contribution in [0, 0.1) is 5.82 Å². The van der Waals surface area contributed by atoms with Gasteiger partial charge in [0.25, 0.3) is 5.91 Å². The second kappa shape index (κ2) is 4.89. The molecule has 0 aliphatic carbocycles. The van der Waals surface area contributed by atoms with Gasteiger partial charge in [0.15, 0.2) is 10.4 Å². The number of carbonyl (C=O) groups excluding carboxylic acids is 1. The normalized spacial score (nSPS) is 10.3. The van der Waals surface area contributed by atoms with Gasteiger partial charge in [0, 0.05) is 5.02 Å². The van der Waals surface area contributed by atoms with Crippen LogP contribution < -0.4 is 5.32 Å². The molecule has 3 nitrogen and oxygen atoms in total. The first-order valence-electron chi connectivity index (χ1n) is 4.58. The molecule has 0 aliphatic rings. The quantitative estimate of drug-likeness (QED) is 0.906. The van der Waals surface area contributed by atoms with Gasteiger partial charge in [0.1, 0.15) is 5.82 Å².